The van der Waals surface area contributed by atoms with Crippen LogP contribution in [0.3, 0.4) is 0 Å². The van der Waals surface area contributed by atoms with E-state index >= 15 is 0 Å². The van der Waals surface area contributed by atoms with Gasteiger partial charge in [-0.25, -0.2) is 0 Å². The fraction of sp³-hybridized carbons (Fsp3) is 0.375. The van der Waals surface area contributed by atoms with E-state index in [2.05, 4.69) is 11.9 Å². The Bertz CT molecular complexity index is 480. The van der Waals surface area contributed by atoms with Gasteiger partial charge in [0.2, 0.25) is 5.91 Å². The van der Waals surface area contributed by atoms with Crippen LogP contribution in [0, 0.1) is 5.41 Å². The van der Waals surface area contributed by atoms with Crippen molar-refractivity contribution < 1.29 is 14.7 Å². The molecule has 1 unspecified atom stereocenters. The van der Waals surface area contributed by atoms with Gasteiger partial charge in [0, 0.05) is 18.9 Å². The summed E-state index contributed by atoms with van der Waals surface area (Å²) in [4.78, 5) is 22.9. The second kappa shape index (κ2) is 6.89. The first-order valence-electron chi connectivity index (χ1n) is 6.54. The summed E-state index contributed by atoms with van der Waals surface area (Å²) >= 11 is 0. The molecule has 1 aromatic carbocycles. The Labute approximate surface area is 119 Å². The molecule has 1 atom stereocenters. The maximum Gasteiger partial charge on any atom is 0.310 e. The van der Waals surface area contributed by atoms with Gasteiger partial charge in [0.1, 0.15) is 0 Å². The van der Waals surface area contributed by atoms with E-state index < -0.39 is 11.4 Å². The van der Waals surface area contributed by atoms with Crippen LogP contribution in [0.4, 0.5) is 0 Å². The van der Waals surface area contributed by atoms with E-state index in [1.165, 1.54) is 0 Å². The second-order valence-corrected chi connectivity index (χ2v) is 5.42. The molecule has 1 rings (SSSR count). The summed E-state index contributed by atoms with van der Waals surface area (Å²) in [5.74, 6) is -1.17. The first-order chi connectivity index (χ1) is 9.36. The molecule has 0 heterocycles. The van der Waals surface area contributed by atoms with Gasteiger partial charge >= 0.3 is 5.97 Å². The quantitative estimate of drug-likeness (QED) is 0.752. The summed E-state index contributed by atoms with van der Waals surface area (Å²) in [6, 6.07) is 9.63. The van der Waals surface area contributed by atoms with Crippen molar-refractivity contribution in [1.29, 1.82) is 0 Å². The van der Waals surface area contributed by atoms with Gasteiger partial charge in [0.05, 0.1) is 5.41 Å². The second-order valence-electron chi connectivity index (χ2n) is 5.42. The summed E-state index contributed by atoms with van der Waals surface area (Å²) in [7, 11) is 0. The Morgan fingerprint density at radius 1 is 1.35 bits per heavy atom. The van der Waals surface area contributed by atoms with Crippen molar-refractivity contribution in [3.8, 4) is 0 Å². The van der Waals surface area contributed by atoms with E-state index in [4.69, 9.17) is 5.11 Å². The molecule has 0 aliphatic carbocycles. The lowest BCUT2D eigenvalue weighted by atomic mass is 9.93. The van der Waals surface area contributed by atoms with Crippen LogP contribution in [-0.4, -0.2) is 23.5 Å². The molecule has 2 N–H and O–H groups in total. The number of carboxylic acid groups (broad SMARTS) is 1. The summed E-state index contributed by atoms with van der Waals surface area (Å²) in [6.07, 6.45) is 2.00. The Balaban J connectivity index is 2.57. The van der Waals surface area contributed by atoms with Crippen molar-refractivity contribution in [3.05, 3.63) is 48.6 Å². The van der Waals surface area contributed by atoms with Crippen LogP contribution >= 0.6 is 0 Å². The van der Waals surface area contributed by atoms with Gasteiger partial charge in [-0.15, -0.1) is 6.58 Å². The van der Waals surface area contributed by atoms with Gasteiger partial charge in [-0.05, 0) is 19.4 Å². The molecule has 1 amide bonds. The number of benzene rings is 1. The maximum atomic E-state index is 11.9. The van der Waals surface area contributed by atoms with Gasteiger partial charge in [-0.3, -0.25) is 9.59 Å². The number of carbonyl (C=O) groups is 2. The van der Waals surface area contributed by atoms with Crippen LogP contribution in [0.5, 0.6) is 0 Å². The van der Waals surface area contributed by atoms with Gasteiger partial charge in [-0.2, -0.15) is 0 Å². The van der Waals surface area contributed by atoms with Crippen molar-refractivity contribution in [2.75, 3.05) is 6.54 Å². The highest BCUT2D eigenvalue weighted by Crippen LogP contribution is 2.20. The maximum absolute atomic E-state index is 11.9. The molecule has 108 valence electrons. The molecule has 20 heavy (non-hydrogen) atoms. The Morgan fingerprint density at radius 2 is 1.95 bits per heavy atom. The minimum Gasteiger partial charge on any atom is -0.481 e. The monoisotopic (exact) mass is 275 g/mol. The predicted octanol–water partition coefficient (Wildman–Crippen LogP) is 2.57. The van der Waals surface area contributed by atoms with Crippen molar-refractivity contribution >= 4 is 11.9 Å². The summed E-state index contributed by atoms with van der Waals surface area (Å²) in [5.41, 5.74) is 0.0571. The highest BCUT2D eigenvalue weighted by atomic mass is 16.4. The lowest BCUT2D eigenvalue weighted by molar-refractivity contribution is -0.146. The summed E-state index contributed by atoms with van der Waals surface area (Å²) in [6.45, 7) is 7.03. The Morgan fingerprint density at radius 3 is 2.45 bits per heavy atom. The number of hydrogen-bond donors (Lipinski definition) is 2. The van der Waals surface area contributed by atoms with Gasteiger partial charge in [0.25, 0.3) is 0 Å². The van der Waals surface area contributed by atoms with E-state index in [1.807, 2.05) is 30.3 Å². The minimum atomic E-state index is -0.966. The SMILES string of the molecule is C=CC(CC(=O)NCC(C)(C)C(=O)O)c1ccccc1. The first kappa shape index (κ1) is 16.0. The third-order valence-corrected chi connectivity index (χ3v) is 3.22. The number of carbonyl (C=O) groups excluding carboxylic acids is 1. The topological polar surface area (TPSA) is 66.4 Å². The molecule has 0 saturated carbocycles. The van der Waals surface area contributed by atoms with Gasteiger partial charge in [-0.1, -0.05) is 36.4 Å². The number of carboxylic acids is 1. The molecule has 0 saturated heterocycles. The van der Waals surface area contributed by atoms with Crippen LogP contribution in [0.25, 0.3) is 0 Å². The van der Waals surface area contributed by atoms with Crippen LogP contribution in [0.1, 0.15) is 31.7 Å². The highest BCUT2D eigenvalue weighted by molar-refractivity contribution is 5.79. The van der Waals surface area contributed by atoms with Crippen molar-refractivity contribution in [2.24, 2.45) is 5.41 Å². The minimum absolute atomic E-state index is 0.0656. The molecule has 4 nitrogen and oxygen atoms in total. The smallest absolute Gasteiger partial charge is 0.310 e. The van der Waals surface area contributed by atoms with E-state index in [9.17, 15) is 9.59 Å². The van der Waals surface area contributed by atoms with Gasteiger partial charge < -0.3 is 10.4 Å². The number of amides is 1. The number of hydrogen-bond acceptors (Lipinski definition) is 2. The van der Waals surface area contributed by atoms with Crippen LogP contribution in [0.2, 0.25) is 0 Å². The van der Waals surface area contributed by atoms with Crippen molar-refractivity contribution in [1.82, 2.24) is 5.32 Å². The molecule has 0 spiro atoms. The van der Waals surface area contributed by atoms with Crippen LogP contribution < -0.4 is 5.32 Å². The van der Waals surface area contributed by atoms with Crippen molar-refractivity contribution in [3.63, 3.8) is 0 Å². The largest absolute Gasteiger partial charge is 0.481 e. The number of allylic oxidation sites excluding steroid dienone is 1. The molecule has 0 aliphatic heterocycles. The van der Waals surface area contributed by atoms with E-state index in [0.29, 0.717) is 0 Å². The fourth-order valence-electron chi connectivity index (χ4n) is 1.70. The van der Waals surface area contributed by atoms with E-state index in [1.54, 1.807) is 19.9 Å². The van der Waals surface area contributed by atoms with Crippen LogP contribution in [0.15, 0.2) is 43.0 Å². The molecule has 0 radical (unpaired) electrons. The zero-order valence-electron chi connectivity index (χ0n) is 11.9. The molecule has 0 fully saturated rings. The molecule has 0 bridgehead atoms. The third kappa shape index (κ3) is 4.53. The number of rotatable bonds is 7. The lowest BCUT2D eigenvalue weighted by Gasteiger charge is -2.20. The zero-order valence-corrected chi connectivity index (χ0v) is 11.9. The number of nitrogens with one attached hydrogen (secondary N) is 1. The van der Waals surface area contributed by atoms with Crippen LogP contribution in [-0.2, 0) is 9.59 Å². The third-order valence-electron chi connectivity index (χ3n) is 3.22. The molecular formula is C16H21NO3. The molecule has 0 aliphatic rings. The molecular weight excluding hydrogens is 254 g/mol. The predicted molar refractivity (Wildman–Crippen MR) is 78.4 cm³/mol. The highest BCUT2D eigenvalue weighted by Gasteiger charge is 2.27. The molecule has 4 heteroatoms. The normalized spacial score (nSPS) is 12.5. The zero-order chi connectivity index (χ0) is 15.2. The summed E-state index contributed by atoms with van der Waals surface area (Å²) in [5, 5.41) is 11.7. The molecule has 0 aromatic heterocycles. The lowest BCUT2D eigenvalue weighted by Crippen LogP contribution is -2.39. The average molecular weight is 275 g/mol. The standard InChI is InChI=1S/C16H21NO3/c1-4-12(13-8-6-5-7-9-13)10-14(18)17-11-16(2,3)15(19)20/h4-9,12H,1,10-11H2,2-3H3,(H,17,18)(H,19,20). The average Bonchev–Trinajstić information content (AvgIpc) is 2.43. The van der Waals surface area contributed by atoms with Gasteiger partial charge in [0.15, 0.2) is 0 Å². The van der Waals surface area contributed by atoms with Crippen molar-refractivity contribution in [2.45, 2.75) is 26.2 Å². The first-order valence-corrected chi connectivity index (χ1v) is 6.54. The van der Waals surface area contributed by atoms with E-state index in [-0.39, 0.29) is 24.8 Å². The van der Waals surface area contributed by atoms with E-state index in [0.717, 1.165) is 5.56 Å². The Hall–Kier alpha value is -2.10. The number of aliphatic carboxylic acids is 1. The molecule has 1 aromatic rings. The fourth-order valence-corrected chi connectivity index (χ4v) is 1.70. The summed E-state index contributed by atoms with van der Waals surface area (Å²) < 4.78 is 0. The Kier molecular flexibility index (Phi) is 5.50.